The van der Waals surface area contributed by atoms with Crippen LogP contribution in [0.2, 0.25) is 0 Å². The average molecular weight is 170 g/mol. The first-order valence-electron chi connectivity index (χ1n) is 5.01. The Labute approximate surface area is 76.1 Å². The Morgan fingerprint density at radius 3 is 2.75 bits per heavy atom. The SMILES string of the molecule is CCN1CCC(N)CC(C)(C)C1. The van der Waals surface area contributed by atoms with Gasteiger partial charge in [0.05, 0.1) is 0 Å². The standard InChI is InChI=1S/C10H22N2/c1-4-12-6-5-9(11)7-10(2,3)8-12/h9H,4-8,11H2,1-3H3. The molecule has 12 heavy (non-hydrogen) atoms. The third-order valence-corrected chi connectivity index (χ3v) is 2.73. The first-order chi connectivity index (χ1) is 5.53. The van der Waals surface area contributed by atoms with Crippen molar-refractivity contribution in [2.75, 3.05) is 19.6 Å². The molecule has 2 N–H and O–H groups in total. The summed E-state index contributed by atoms with van der Waals surface area (Å²) in [4.78, 5) is 2.51. The van der Waals surface area contributed by atoms with Crippen LogP contribution in [-0.2, 0) is 0 Å². The summed E-state index contributed by atoms with van der Waals surface area (Å²) in [6.07, 6.45) is 2.33. The molecule has 1 rings (SSSR count). The first kappa shape index (κ1) is 10.0. The fraction of sp³-hybridized carbons (Fsp3) is 1.00. The van der Waals surface area contributed by atoms with Gasteiger partial charge in [-0.2, -0.15) is 0 Å². The monoisotopic (exact) mass is 170 g/mol. The van der Waals surface area contributed by atoms with E-state index in [-0.39, 0.29) is 0 Å². The minimum atomic E-state index is 0.409. The summed E-state index contributed by atoms with van der Waals surface area (Å²) in [5.41, 5.74) is 6.41. The summed E-state index contributed by atoms with van der Waals surface area (Å²) in [7, 11) is 0. The smallest absolute Gasteiger partial charge is 0.00565 e. The van der Waals surface area contributed by atoms with E-state index in [0.29, 0.717) is 11.5 Å². The minimum Gasteiger partial charge on any atom is -0.328 e. The van der Waals surface area contributed by atoms with Gasteiger partial charge < -0.3 is 10.6 Å². The van der Waals surface area contributed by atoms with Crippen LogP contribution in [0.4, 0.5) is 0 Å². The van der Waals surface area contributed by atoms with E-state index < -0.39 is 0 Å². The molecule has 2 nitrogen and oxygen atoms in total. The maximum atomic E-state index is 6.00. The third-order valence-electron chi connectivity index (χ3n) is 2.73. The van der Waals surface area contributed by atoms with Gasteiger partial charge in [-0.05, 0) is 31.3 Å². The summed E-state index contributed by atoms with van der Waals surface area (Å²) in [6, 6.07) is 0.413. The van der Waals surface area contributed by atoms with Crippen LogP contribution in [0.25, 0.3) is 0 Å². The maximum Gasteiger partial charge on any atom is 0.00565 e. The van der Waals surface area contributed by atoms with Crippen LogP contribution in [0.15, 0.2) is 0 Å². The predicted molar refractivity (Wildman–Crippen MR) is 53.1 cm³/mol. The summed E-state index contributed by atoms with van der Waals surface area (Å²) in [6.45, 7) is 10.4. The van der Waals surface area contributed by atoms with E-state index in [9.17, 15) is 0 Å². The van der Waals surface area contributed by atoms with E-state index in [1.54, 1.807) is 0 Å². The molecular formula is C10H22N2. The molecule has 0 radical (unpaired) electrons. The van der Waals surface area contributed by atoms with E-state index in [1.807, 2.05) is 0 Å². The highest BCUT2D eigenvalue weighted by Crippen LogP contribution is 2.27. The topological polar surface area (TPSA) is 29.3 Å². The molecule has 0 aromatic heterocycles. The van der Waals surface area contributed by atoms with Crippen LogP contribution < -0.4 is 5.73 Å². The molecule has 1 fully saturated rings. The largest absolute Gasteiger partial charge is 0.328 e. The zero-order chi connectivity index (χ0) is 9.19. The zero-order valence-electron chi connectivity index (χ0n) is 8.64. The summed E-state index contributed by atoms with van der Waals surface area (Å²) in [5, 5.41) is 0. The molecule has 0 saturated carbocycles. The highest BCUT2D eigenvalue weighted by Gasteiger charge is 2.27. The lowest BCUT2D eigenvalue weighted by Crippen LogP contribution is -2.32. The van der Waals surface area contributed by atoms with Gasteiger partial charge in [0, 0.05) is 12.6 Å². The van der Waals surface area contributed by atoms with Crippen molar-refractivity contribution < 1.29 is 0 Å². The molecule has 0 spiro atoms. The average Bonchev–Trinajstić information content (AvgIpc) is 2.07. The van der Waals surface area contributed by atoms with Gasteiger partial charge in [0.25, 0.3) is 0 Å². The lowest BCUT2D eigenvalue weighted by atomic mass is 9.86. The van der Waals surface area contributed by atoms with Crippen molar-refractivity contribution in [3.8, 4) is 0 Å². The quantitative estimate of drug-likeness (QED) is 0.645. The van der Waals surface area contributed by atoms with E-state index in [2.05, 4.69) is 25.7 Å². The Morgan fingerprint density at radius 1 is 1.50 bits per heavy atom. The van der Waals surface area contributed by atoms with Gasteiger partial charge in [0.1, 0.15) is 0 Å². The Balaban J connectivity index is 2.56. The lowest BCUT2D eigenvalue weighted by Gasteiger charge is -2.28. The van der Waals surface area contributed by atoms with Crippen LogP contribution in [-0.4, -0.2) is 30.6 Å². The van der Waals surface area contributed by atoms with Crippen LogP contribution >= 0.6 is 0 Å². The molecular weight excluding hydrogens is 148 g/mol. The number of rotatable bonds is 1. The van der Waals surface area contributed by atoms with E-state index in [0.717, 1.165) is 13.0 Å². The first-order valence-corrected chi connectivity index (χ1v) is 5.01. The Morgan fingerprint density at radius 2 is 2.17 bits per heavy atom. The van der Waals surface area contributed by atoms with Gasteiger partial charge in [-0.1, -0.05) is 20.8 Å². The molecule has 1 unspecified atom stereocenters. The van der Waals surface area contributed by atoms with Gasteiger partial charge in [0.15, 0.2) is 0 Å². The fourth-order valence-electron chi connectivity index (χ4n) is 2.18. The van der Waals surface area contributed by atoms with Crippen LogP contribution in [0, 0.1) is 5.41 Å². The van der Waals surface area contributed by atoms with E-state index in [4.69, 9.17) is 5.73 Å². The Bertz CT molecular complexity index is 143. The summed E-state index contributed by atoms with van der Waals surface area (Å²) >= 11 is 0. The Hall–Kier alpha value is -0.0800. The molecule has 0 aromatic rings. The number of likely N-dealkylation sites (tertiary alicyclic amines) is 1. The Kier molecular flexibility index (Phi) is 3.13. The number of nitrogens with zero attached hydrogens (tertiary/aromatic N) is 1. The van der Waals surface area contributed by atoms with E-state index >= 15 is 0 Å². The molecule has 1 atom stereocenters. The van der Waals surface area contributed by atoms with Gasteiger partial charge in [0.2, 0.25) is 0 Å². The molecule has 1 aliphatic heterocycles. The van der Waals surface area contributed by atoms with Crippen molar-refractivity contribution in [3.63, 3.8) is 0 Å². The second-order valence-corrected chi connectivity index (χ2v) is 4.79. The summed E-state index contributed by atoms with van der Waals surface area (Å²) in [5.74, 6) is 0. The maximum absolute atomic E-state index is 6.00. The lowest BCUT2D eigenvalue weighted by molar-refractivity contribution is 0.202. The molecule has 1 heterocycles. The molecule has 1 aliphatic rings. The normalized spacial score (nSPS) is 31.5. The van der Waals surface area contributed by atoms with Crippen molar-refractivity contribution in [2.45, 2.75) is 39.7 Å². The van der Waals surface area contributed by atoms with Crippen molar-refractivity contribution in [3.05, 3.63) is 0 Å². The minimum absolute atomic E-state index is 0.409. The number of hydrogen-bond donors (Lipinski definition) is 1. The molecule has 0 aliphatic carbocycles. The molecule has 2 heteroatoms. The van der Waals surface area contributed by atoms with Crippen molar-refractivity contribution in [1.82, 2.24) is 4.90 Å². The highest BCUT2D eigenvalue weighted by atomic mass is 15.1. The second-order valence-electron chi connectivity index (χ2n) is 4.79. The van der Waals surface area contributed by atoms with Gasteiger partial charge >= 0.3 is 0 Å². The third kappa shape index (κ3) is 2.76. The second kappa shape index (κ2) is 3.75. The summed E-state index contributed by atoms with van der Waals surface area (Å²) < 4.78 is 0. The van der Waals surface area contributed by atoms with Crippen LogP contribution in [0.1, 0.15) is 33.6 Å². The molecule has 0 aromatic carbocycles. The molecule has 72 valence electrons. The van der Waals surface area contributed by atoms with Crippen molar-refractivity contribution >= 4 is 0 Å². The molecule has 0 amide bonds. The molecule has 0 bridgehead atoms. The number of hydrogen-bond acceptors (Lipinski definition) is 2. The van der Waals surface area contributed by atoms with Crippen molar-refractivity contribution in [2.24, 2.45) is 11.1 Å². The van der Waals surface area contributed by atoms with Crippen molar-refractivity contribution in [1.29, 1.82) is 0 Å². The van der Waals surface area contributed by atoms with Gasteiger partial charge in [-0.15, -0.1) is 0 Å². The zero-order valence-corrected chi connectivity index (χ0v) is 8.64. The highest BCUT2D eigenvalue weighted by molar-refractivity contribution is 4.83. The van der Waals surface area contributed by atoms with Crippen LogP contribution in [0.3, 0.4) is 0 Å². The molecule has 1 saturated heterocycles. The van der Waals surface area contributed by atoms with E-state index in [1.165, 1.54) is 19.5 Å². The van der Waals surface area contributed by atoms with Gasteiger partial charge in [-0.25, -0.2) is 0 Å². The van der Waals surface area contributed by atoms with Crippen LogP contribution in [0.5, 0.6) is 0 Å². The number of nitrogens with two attached hydrogens (primary N) is 1. The predicted octanol–water partition coefficient (Wildman–Crippen LogP) is 1.46. The van der Waals surface area contributed by atoms with Gasteiger partial charge in [-0.3, -0.25) is 0 Å². The fourth-order valence-corrected chi connectivity index (χ4v) is 2.18.